The van der Waals surface area contributed by atoms with Crippen molar-refractivity contribution in [2.45, 2.75) is 51.6 Å². The molecule has 1 heterocycles. The predicted molar refractivity (Wildman–Crippen MR) is 118 cm³/mol. The molecule has 1 atom stereocenters. The number of nitrogens with zero attached hydrogens (tertiary/aromatic N) is 1. The summed E-state index contributed by atoms with van der Waals surface area (Å²) in [5.74, 6) is 0.109. The number of carbonyl (C=O) groups excluding carboxylic acids is 2. The molecule has 0 radical (unpaired) electrons. The number of rotatable bonds is 9. The van der Waals surface area contributed by atoms with Gasteiger partial charge in [-0.15, -0.1) is 11.3 Å². The molecule has 0 aliphatic heterocycles. The van der Waals surface area contributed by atoms with Crippen LogP contribution in [0.1, 0.15) is 43.9 Å². The number of para-hydroxylation sites is 1. The molecule has 3 rings (SSSR count). The van der Waals surface area contributed by atoms with Crippen molar-refractivity contribution in [1.29, 1.82) is 0 Å². The van der Waals surface area contributed by atoms with Gasteiger partial charge in [-0.2, -0.15) is 0 Å². The van der Waals surface area contributed by atoms with Crippen molar-refractivity contribution in [3.8, 4) is 0 Å². The monoisotopic (exact) mass is 414 g/mol. The normalized spacial score (nSPS) is 15.6. The first-order valence-electron chi connectivity index (χ1n) is 10.7. The summed E-state index contributed by atoms with van der Waals surface area (Å²) >= 11 is 1.64. The topological polar surface area (TPSA) is 53.9 Å². The molecule has 1 aliphatic rings. The highest BCUT2D eigenvalue weighted by Gasteiger charge is 2.29. The molecule has 1 aliphatic carbocycles. The molecule has 1 aromatic carbocycles. The van der Waals surface area contributed by atoms with Crippen molar-refractivity contribution >= 4 is 28.8 Å². The van der Waals surface area contributed by atoms with Gasteiger partial charge in [0, 0.05) is 16.6 Å². The average Bonchev–Trinajstić information content (AvgIpc) is 3.27. The number of amides is 2. The van der Waals surface area contributed by atoms with E-state index >= 15 is 0 Å². The van der Waals surface area contributed by atoms with Gasteiger partial charge in [0.2, 0.25) is 0 Å². The van der Waals surface area contributed by atoms with Crippen molar-refractivity contribution in [2.75, 3.05) is 24.5 Å². The minimum atomic E-state index is -0.00743. The zero-order valence-electron chi connectivity index (χ0n) is 17.2. The molecule has 1 saturated carbocycles. The smallest absolute Gasteiger partial charge is 0.282 e. The Morgan fingerprint density at radius 3 is 2.48 bits per heavy atom. The van der Waals surface area contributed by atoms with Crippen molar-refractivity contribution in [3.63, 3.8) is 0 Å². The van der Waals surface area contributed by atoms with E-state index in [1.807, 2.05) is 59.7 Å². The summed E-state index contributed by atoms with van der Waals surface area (Å²) in [5, 5.41) is 4.98. The van der Waals surface area contributed by atoms with Crippen molar-refractivity contribution in [1.82, 2.24) is 5.32 Å². The van der Waals surface area contributed by atoms with Crippen LogP contribution in [0.5, 0.6) is 0 Å². The molecule has 1 unspecified atom stereocenters. The first-order chi connectivity index (χ1) is 14.2. The maximum atomic E-state index is 13.3. The van der Waals surface area contributed by atoms with Crippen LogP contribution in [0.25, 0.3) is 0 Å². The second-order valence-corrected chi connectivity index (χ2v) is 8.74. The highest BCUT2D eigenvalue weighted by Crippen LogP contribution is 2.27. The largest absolute Gasteiger partial charge is 0.346 e. The van der Waals surface area contributed by atoms with Gasteiger partial charge in [-0.3, -0.25) is 9.59 Å². The van der Waals surface area contributed by atoms with Gasteiger partial charge in [0.25, 0.3) is 11.8 Å². The fourth-order valence-electron chi connectivity index (χ4n) is 3.99. The van der Waals surface area contributed by atoms with Gasteiger partial charge in [-0.25, -0.2) is 0 Å². The SMILES string of the molecule is CC[NH+](CC(=O)NCc1cccs1)CC(=O)N(c1ccccc1)C1CCCCC1. The van der Waals surface area contributed by atoms with Crippen LogP contribution in [0.3, 0.4) is 0 Å². The summed E-state index contributed by atoms with van der Waals surface area (Å²) in [6.45, 7) is 3.99. The Morgan fingerprint density at radius 2 is 1.83 bits per heavy atom. The Balaban J connectivity index is 1.61. The number of anilines is 1. The van der Waals surface area contributed by atoms with E-state index in [9.17, 15) is 9.59 Å². The van der Waals surface area contributed by atoms with Crippen LogP contribution >= 0.6 is 11.3 Å². The lowest BCUT2D eigenvalue weighted by Crippen LogP contribution is -3.14. The highest BCUT2D eigenvalue weighted by atomic mass is 32.1. The van der Waals surface area contributed by atoms with Gasteiger partial charge in [0.15, 0.2) is 13.1 Å². The summed E-state index contributed by atoms with van der Waals surface area (Å²) in [4.78, 5) is 29.8. The third-order valence-corrected chi connectivity index (χ3v) is 6.47. The second kappa shape index (κ2) is 11.1. The van der Waals surface area contributed by atoms with Gasteiger partial charge in [-0.05, 0) is 43.3 Å². The third-order valence-electron chi connectivity index (χ3n) is 5.59. The maximum Gasteiger partial charge on any atom is 0.282 e. The van der Waals surface area contributed by atoms with Gasteiger partial charge in [0.1, 0.15) is 0 Å². The van der Waals surface area contributed by atoms with E-state index in [1.54, 1.807) is 11.3 Å². The molecule has 156 valence electrons. The number of quaternary nitrogens is 1. The molecule has 29 heavy (non-hydrogen) atoms. The van der Waals surface area contributed by atoms with E-state index in [4.69, 9.17) is 0 Å². The highest BCUT2D eigenvalue weighted by molar-refractivity contribution is 7.09. The zero-order valence-corrected chi connectivity index (χ0v) is 18.0. The molecular formula is C23H32N3O2S+. The number of benzene rings is 1. The van der Waals surface area contributed by atoms with E-state index in [1.165, 1.54) is 19.3 Å². The van der Waals surface area contributed by atoms with E-state index in [2.05, 4.69) is 5.32 Å². The third kappa shape index (κ3) is 6.41. The summed E-state index contributed by atoms with van der Waals surface area (Å²) in [5.41, 5.74) is 0.974. The quantitative estimate of drug-likeness (QED) is 0.663. The van der Waals surface area contributed by atoms with Crippen LogP contribution in [-0.4, -0.2) is 37.5 Å². The second-order valence-electron chi connectivity index (χ2n) is 7.70. The summed E-state index contributed by atoms with van der Waals surface area (Å²) in [6, 6.07) is 14.3. The lowest BCUT2D eigenvalue weighted by atomic mass is 9.93. The maximum absolute atomic E-state index is 13.3. The molecule has 2 amide bonds. The fraction of sp³-hybridized carbons (Fsp3) is 0.478. The van der Waals surface area contributed by atoms with Crippen LogP contribution in [0, 0.1) is 0 Å². The molecule has 0 bridgehead atoms. The van der Waals surface area contributed by atoms with E-state index in [-0.39, 0.29) is 17.9 Å². The summed E-state index contributed by atoms with van der Waals surface area (Å²) in [7, 11) is 0. The molecule has 0 saturated heterocycles. The number of hydrogen-bond donors (Lipinski definition) is 2. The van der Waals surface area contributed by atoms with Gasteiger partial charge >= 0.3 is 0 Å². The molecular weight excluding hydrogens is 382 g/mol. The van der Waals surface area contributed by atoms with E-state index in [0.717, 1.165) is 34.9 Å². The van der Waals surface area contributed by atoms with Crippen molar-refractivity contribution in [3.05, 3.63) is 52.7 Å². The molecule has 5 nitrogen and oxygen atoms in total. The van der Waals surface area contributed by atoms with Crippen molar-refractivity contribution in [2.24, 2.45) is 0 Å². The van der Waals surface area contributed by atoms with Crippen LogP contribution in [0.15, 0.2) is 47.8 Å². The van der Waals surface area contributed by atoms with E-state index < -0.39 is 0 Å². The van der Waals surface area contributed by atoms with Gasteiger partial charge in [-0.1, -0.05) is 43.5 Å². The number of likely N-dealkylation sites (N-methyl/N-ethyl adjacent to an activating group) is 1. The Bertz CT molecular complexity index is 758. The van der Waals surface area contributed by atoms with Crippen LogP contribution in [-0.2, 0) is 16.1 Å². The zero-order chi connectivity index (χ0) is 20.5. The number of thiophene rings is 1. The summed E-state index contributed by atoms with van der Waals surface area (Å²) < 4.78 is 0. The molecule has 1 aromatic heterocycles. The first-order valence-corrected chi connectivity index (χ1v) is 11.5. The Labute approximate surface area is 177 Å². The average molecular weight is 415 g/mol. The van der Waals surface area contributed by atoms with Gasteiger partial charge in [0.05, 0.1) is 13.1 Å². The minimum Gasteiger partial charge on any atom is -0.346 e. The Hall–Kier alpha value is -2.18. The predicted octanol–water partition coefficient (Wildman–Crippen LogP) is 2.64. The van der Waals surface area contributed by atoms with E-state index in [0.29, 0.717) is 19.6 Å². The van der Waals surface area contributed by atoms with Crippen LogP contribution < -0.4 is 15.1 Å². The molecule has 6 heteroatoms. The molecule has 1 fully saturated rings. The minimum absolute atomic E-state index is 0.00743. The lowest BCUT2D eigenvalue weighted by Gasteiger charge is -2.35. The molecule has 2 N–H and O–H groups in total. The van der Waals surface area contributed by atoms with Crippen LogP contribution in [0.2, 0.25) is 0 Å². The Kier molecular flexibility index (Phi) is 8.25. The van der Waals surface area contributed by atoms with Crippen molar-refractivity contribution < 1.29 is 14.5 Å². The number of carbonyl (C=O) groups is 2. The number of hydrogen-bond acceptors (Lipinski definition) is 3. The molecule has 2 aromatic rings. The van der Waals surface area contributed by atoms with Gasteiger partial charge < -0.3 is 15.1 Å². The number of nitrogens with one attached hydrogen (secondary N) is 2. The fourth-order valence-corrected chi connectivity index (χ4v) is 4.63. The standard InChI is InChI=1S/C23H31N3O2S/c1-2-25(17-22(27)24-16-21-14-9-15-29-21)18-23(28)26(19-10-5-3-6-11-19)20-12-7-4-8-13-20/h3,5-6,9-11,14-15,20H,2,4,7-8,12-13,16-18H2,1H3,(H,24,27)/p+1. The van der Waals surface area contributed by atoms with Crippen LogP contribution in [0.4, 0.5) is 5.69 Å². The molecule has 0 spiro atoms. The lowest BCUT2D eigenvalue weighted by molar-refractivity contribution is -0.881. The Morgan fingerprint density at radius 1 is 1.07 bits per heavy atom. The first kappa shape index (κ1) is 21.5. The summed E-state index contributed by atoms with van der Waals surface area (Å²) in [6.07, 6.45) is 5.73.